The Hall–Kier alpha value is -1.69. The number of nitrogens with one attached hydrogen (secondary N) is 1. The molecule has 2 aromatic rings. The highest BCUT2D eigenvalue weighted by atomic mass is 35.5. The van der Waals surface area contributed by atoms with Gasteiger partial charge >= 0.3 is 0 Å². The van der Waals surface area contributed by atoms with Gasteiger partial charge in [0.05, 0.1) is 11.1 Å². The van der Waals surface area contributed by atoms with Gasteiger partial charge < -0.3 is 5.73 Å². The second-order valence-corrected chi connectivity index (χ2v) is 4.67. The molecule has 0 saturated heterocycles. The number of benzene rings is 1. The third kappa shape index (κ3) is 2.84. The summed E-state index contributed by atoms with van der Waals surface area (Å²) in [7, 11) is 0. The van der Waals surface area contributed by atoms with Crippen molar-refractivity contribution in [3.63, 3.8) is 0 Å². The lowest BCUT2D eigenvalue weighted by Crippen LogP contribution is -2.29. The van der Waals surface area contributed by atoms with Crippen molar-refractivity contribution in [2.75, 3.05) is 5.73 Å². The minimum atomic E-state index is -0.398. The number of nitrogens with zero attached hydrogens (tertiary/aromatic N) is 1. The minimum Gasteiger partial charge on any atom is -0.383 e. The number of anilines is 1. The standard InChI is InChI=1S/C13H14ClFN4/c1-7-4-8(2-3-11(7)15)12(19-17)10-5-9(14)6-18-13(10)16/h2-6,12,19H,17H2,1H3,(H2,16,18). The second kappa shape index (κ2) is 5.52. The predicted octanol–water partition coefficient (Wildman–Crippen LogP) is 2.32. The third-order valence-electron chi connectivity index (χ3n) is 2.91. The molecule has 0 amide bonds. The van der Waals surface area contributed by atoms with Crippen LogP contribution < -0.4 is 17.0 Å². The molecule has 100 valence electrons. The van der Waals surface area contributed by atoms with Crippen molar-refractivity contribution in [1.29, 1.82) is 0 Å². The molecule has 0 aliphatic carbocycles. The van der Waals surface area contributed by atoms with Crippen LogP contribution in [0.3, 0.4) is 0 Å². The van der Waals surface area contributed by atoms with Crippen LogP contribution in [0.25, 0.3) is 0 Å². The van der Waals surface area contributed by atoms with Crippen molar-refractivity contribution in [2.24, 2.45) is 5.84 Å². The lowest BCUT2D eigenvalue weighted by atomic mass is 9.98. The normalized spacial score (nSPS) is 12.4. The van der Waals surface area contributed by atoms with Gasteiger partial charge in [-0.1, -0.05) is 23.7 Å². The molecule has 1 unspecified atom stereocenters. The fourth-order valence-electron chi connectivity index (χ4n) is 1.91. The molecule has 1 atom stereocenters. The number of aryl methyl sites for hydroxylation is 1. The van der Waals surface area contributed by atoms with E-state index in [0.717, 1.165) is 5.56 Å². The van der Waals surface area contributed by atoms with Crippen LogP contribution in [0.15, 0.2) is 30.5 Å². The van der Waals surface area contributed by atoms with Crippen LogP contribution in [0.5, 0.6) is 0 Å². The minimum absolute atomic E-state index is 0.267. The van der Waals surface area contributed by atoms with Crippen LogP contribution in [-0.2, 0) is 0 Å². The van der Waals surface area contributed by atoms with Crippen LogP contribution in [0, 0.1) is 12.7 Å². The molecule has 5 N–H and O–H groups in total. The number of halogens is 2. The van der Waals surface area contributed by atoms with Crippen molar-refractivity contribution in [2.45, 2.75) is 13.0 Å². The zero-order valence-corrected chi connectivity index (χ0v) is 11.1. The van der Waals surface area contributed by atoms with Gasteiger partial charge in [0.2, 0.25) is 0 Å². The van der Waals surface area contributed by atoms with Crippen molar-refractivity contribution in [1.82, 2.24) is 10.4 Å². The Morgan fingerprint density at radius 2 is 2.11 bits per heavy atom. The molecule has 1 heterocycles. The van der Waals surface area contributed by atoms with E-state index in [0.29, 0.717) is 22.0 Å². The first-order valence-corrected chi connectivity index (χ1v) is 6.04. The fourth-order valence-corrected chi connectivity index (χ4v) is 2.08. The first kappa shape index (κ1) is 13.7. The summed E-state index contributed by atoms with van der Waals surface area (Å²) >= 11 is 5.92. The molecule has 0 spiro atoms. The Morgan fingerprint density at radius 1 is 1.37 bits per heavy atom. The summed E-state index contributed by atoms with van der Waals surface area (Å²) < 4.78 is 13.3. The molecule has 0 aliphatic rings. The SMILES string of the molecule is Cc1cc(C(NN)c2cc(Cl)cnc2N)ccc1F. The van der Waals surface area contributed by atoms with Gasteiger partial charge in [0.25, 0.3) is 0 Å². The number of hydrogen-bond acceptors (Lipinski definition) is 4. The van der Waals surface area contributed by atoms with Crippen LogP contribution in [0.4, 0.5) is 10.2 Å². The number of rotatable bonds is 3. The van der Waals surface area contributed by atoms with E-state index < -0.39 is 6.04 Å². The zero-order chi connectivity index (χ0) is 14.0. The van der Waals surface area contributed by atoms with Crippen molar-refractivity contribution in [3.8, 4) is 0 Å². The van der Waals surface area contributed by atoms with E-state index in [1.54, 1.807) is 25.1 Å². The Kier molecular flexibility index (Phi) is 3.99. The molecule has 0 radical (unpaired) electrons. The Balaban J connectivity index is 2.49. The summed E-state index contributed by atoms with van der Waals surface area (Å²) in [6.45, 7) is 1.69. The molecule has 0 fully saturated rings. The monoisotopic (exact) mass is 280 g/mol. The number of hydrazine groups is 1. The summed E-state index contributed by atoms with van der Waals surface area (Å²) in [4.78, 5) is 3.99. The van der Waals surface area contributed by atoms with Gasteiger partial charge in [-0.2, -0.15) is 0 Å². The van der Waals surface area contributed by atoms with E-state index in [-0.39, 0.29) is 5.82 Å². The molecule has 0 saturated carbocycles. The summed E-state index contributed by atoms with van der Waals surface area (Å²) in [6, 6.07) is 6.04. The van der Waals surface area contributed by atoms with E-state index in [9.17, 15) is 4.39 Å². The smallest absolute Gasteiger partial charge is 0.128 e. The molecule has 1 aromatic carbocycles. The molecule has 6 heteroatoms. The molecule has 19 heavy (non-hydrogen) atoms. The van der Waals surface area contributed by atoms with E-state index in [4.69, 9.17) is 23.2 Å². The quantitative estimate of drug-likeness (QED) is 0.596. The maximum Gasteiger partial charge on any atom is 0.128 e. The molecule has 4 nitrogen and oxygen atoms in total. The van der Waals surface area contributed by atoms with Crippen LogP contribution in [0.1, 0.15) is 22.7 Å². The average molecular weight is 281 g/mol. The molecular formula is C13H14ClFN4. The Morgan fingerprint density at radius 3 is 2.74 bits per heavy atom. The average Bonchev–Trinajstić information content (AvgIpc) is 2.38. The van der Waals surface area contributed by atoms with Crippen LogP contribution in [-0.4, -0.2) is 4.98 Å². The first-order chi connectivity index (χ1) is 9.02. The molecular weight excluding hydrogens is 267 g/mol. The fraction of sp³-hybridized carbons (Fsp3) is 0.154. The summed E-state index contributed by atoms with van der Waals surface area (Å²) in [5.41, 5.74) is 10.5. The maximum atomic E-state index is 13.3. The largest absolute Gasteiger partial charge is 0.383 e. The highest BCUT2D eigenvalue weighted by Crippen LogP contribution is 2.28. The van der Waals surface area contributed by atoms with Gasteiger partial charge in [0, 0.05) is 11.8 Å². The van der Waals surface area contributed by atoms with E-state index in [2.05, 4.69) is 10.4 Å². The number of nitrogens with two attached hydrogens (primary N) is 2. The molecule has 2 rings (SSSR count). The second-order valence-electron chi connectivity index (χ2n) is 4.24. The third-order valence-corrected chi connectivity index (χ3v) is 3.12. The van der Waals surface area contributed by atoms with Gasteiger partial charge in [-0.05, 0) is 30.2 Å². The number of nitrogen functional groups attached to an aromatic ring is 1. The van der Waals surface area contributed by atoms with Crippen molar-refractivity contribution < 1.29 is 4.39 Å². The van der Waals surface area contributed by atoms with Crippen LogP contribution >= 0.6 is 11.6 Å². The van der Waals surface area contributed by atoms with Crippen molar-refractivity contribution >= 4 is 17.4 Å². The summed E-state index contributed by atoms with van der Waals surface area (Å²) in [6.07, 6.45) is 1.46. The highest BCUT2D eigenvalue weighted by Gasteiger charge is 2.17. The number of pyridine rings is 1. The molecule has 0 bridgehead atoms. The maximum absolute atomic E-state index is 13.3. The Bertz CT molecular complexity index is 603. The molecule has 1 aromatic heterocycles. The van der Waals surface area contributed by atoms with Gasteiger partial charge in [-0.3, -0.25) is 5.84 Å². The lowest BCUT2D eigenvalue weighted by molar-refractivity contribution is 0.608. The van der Waals surface area contributed by atoms with Gasteiger partial charge in [0.15, 0.2) is 0 Å². The van der Waals surface area contributed by atoms with Gasteiger partial charge in [0.1, 0.15) is 11.6 Å². The zero-order valence-electron chi connectivity index (χ0n) is 10.3. The van der Waals surface area contributed by atoms with E-state index in [1.807, 2.05) is 0 Å². The predicted molar refractivity (Wildman–Crippen MR) is 74.0 cm³/mol. The topological polar surface area (TPSA) is 77.0 Å². The number of hydrogen-bond donors (Lipinski definition) is 3. The Labute approximate surface area is 115 Å². The van der Waals surface area contributed by atoms with Crippen LogP contribution in [0.2, 0.25) is 5.02 Å². The number of aromatic nitrogens is 1. The first-order valence-electron chi connectivity index (χ1n) is 5.66. The van der Waals surface area contributed by atoms with E-state index in [1.165, 1.54) is 12.3 Å². The van der Waals surface area contributed by atoms with Gasteiger partial charge in [-0.25, -0.2) is 14.8 Å². The summed E-state index contributed by atoms with van der Waals surface area (Å²) in [5.74, 6) is 5.63. The highest BCUT2D eigenvalue weighted by molar-refractivity contribution is 6.30. The lowest BCUT2D eigenvalue weighted by Gasteiger charge is -2.19. The van der Waals surface area contributed by atoms with E-state index >= 15 is 0 Å². The summed E-state index contributed by atoms with van der Waals surface area (Å²) in [5, 5.41) is 0.461. The van der Waals surface area contributed by atoms with Crippen molar-refractivity contribution in [3.05, 3.63) is 58.0 Å². The molecule has 0 aliphatic heterocycles. The van der Waals surface area contributed by atoms with Gasteiger partial charge in [-0.15, -0.1) is 0 Å².